The molecule has 1 amide bonds. The number of hydrogen-bond acceptors (Lipinski definition) is 6. The van der Waals surface area contributed by atoms with Gasteiger partial charge in [-0.05, 0) is 60.9 Å². The average Bonchev–Trinajstić information content (AvgIpc) is 2.71. The first-order chi connectivity index (χ1) is 13.7. The normalized spacial score (nSPS) is 15.3. The molecular weight excluding hydrogens is 394 g/mol. The number of carbonyl (C=O) groups excluding carboxylic acids is 1. The minimum Gasteiger partial charge on any atom is -0.493 e. The molecule has 0 bridgehead atoms. The predicted octanol–water partition coefficient (Wildman–Crippen LogP) is 1.74. The van der Waals surface area contributed by atoms with E-state index in [1.54, 1.807) is 14.2 Å². The van der Waals surface area contributed by atoms with Gasteiger partial charge in [-0.2, -0.15) is 0 Å². The number of ether oxygens (including phenoxy) is 2. The first-order valence-corrected chi connectivity index (χ1v) is 10.7. The first kappa shape index (κ1) is 21.1. The third-order valence-electron chi connectivity index (χ3n) is 5.13. The van der Waals surface area contributed by atoms with E-state index in [0.29, 0.717) is 23.7 Å². The fraction of sp³-hybridized carbons (Fsp3) is 0.350. The third-order valence-corrected chi connectivity index (χ3v) is 6.05. The minimum absolute atomic E-state index is 0.000519. The van der Waals surface area contributed by atoms with Gasteiger partial charge in [0.05, 0.1) is 25.2 Å². The molecule has 156 valence electrons. The maximum Gasteiger partial charge on any atom is 0.241 e. The Hall–Kier alpha value is -2.62. The molecular formula is C20H25N3O5S. The van der Waals surface area contributed by atoms with Crippen LogP contribution in [0.5, 0.6) is 11.5 Å². The monoisotopic (exact) mass is 419 g/mol. The van der Waals surface area contributed by atoms with E-state index in [0.717, 1.165) is 18.5 Å². The van der Waals surface area contributed by atoms with Crippen LogP contribution in [0.2, 0.25) is 0 Å². The lowest BCUT2D eigenvalue weighted by Crippen LogP contribution is -2.44. The number of fused-ring (bicyclic) bond motifs is 1. The summed E-state index contributed by atoms with van der Waals surface area (Å²) in [5.41, 5.74) is 2.80. The van der Waals surface area contributed by atoms with Gasteiger partial charge in [0, 0.05) is 18.8 Å². The van der Waals surface area contributed by atoms with Crippen LogP contribution in [0, 0.1) is 0 Å². The molecule has 0 saturated heterocycles. The van der Waals surface area contributed by atoms with Gasteiger partial charge in [-0.25, -0.2) is 13.6 Å². The van der Waals surface area contributed by atoms with Crippen molar-refractivity contribution < 1.29 is 22.7 Å². The number of nitrogens with two attached hydrogens (primary N) is 1. The zero-order valence-electron chi connectivity index (χ0n) is 16.6. The van der Waals surface area contributed by atoms with Gasteiger partial charge < -0.3 is 14.8 Å². The van der Waals surface area contributed by atoms with E-state index < -0.39 is 10.0 Å². The molecule has 0 spiro atoms. The number of nitrogens with one attached hydrogen (secondary N) is 1. The van der Waals surface area contributed by atoms with Crippen molar-refractivity contribution in [2.24, 2.45) is 5.14 Å². The molecule has 0 aliphatic carbocycles. The van der Waals surface area contributed by atoms with E-state index >= 15 is 0 Å². The third kappa shape index (κ3) is 4.69. The van der Waals surface area contributed by atoms with Crippen molar-refractivity contribution >= 4 is 21.6 Å². The lowest BCUT2D eigenvalue weighted by molar-refractivity contribution is -0.121. The van der Waals surface area contributed by atoms with Crippen LogP contribution in [0.25, 0.3) is 0 Å². The Balaban J connectivity index is 1.69. The molecule has 29 heavy (non-hydrogen) atoms. The zero-order chi connectivity index (χ0) is 21.2. The molecule has 2 aromatic carbocycles. The van der Waals surface area contributed by atoms with Crippen LogP contribution in [0.4, 0.5) is 5.69 Å². The number of hydrogen-bond donors (Lipinski definition) is 2. The molecule has 1 aliphatic rings. The van der Waals surface area contributed by atoms with Crippen LogP contribution in [-0.4, -0.2) is 46.0 Å². The van der Waals surface area contributed by atoms with Crippen LogP contribution in [-0.2, 0) is 27.8 Å². The second kappa shape index (κ2) is 8.40. The molecule has 3 N–H and O–H groups in total. The van der Waals surface area contributed by atoms with Crippen molar-refractivity contribution in [3.05, 3.63) is 47.5 Å². The van der Waals surface area contributed by atoms with Gasteiger partial charge in [0.15, 0.2) is 11.5 Å². The SMILES string of the molecule is COc1cc2c(cc1OC)CN([C@H](C)C(=O)Nc1ccc(S(N)(=O)=O)cc1)CC2. The smallest absolute Gasteiger partial charge is 0.241 e. The molecule has 1 atom stereocenters. The molecule has 0 radical (unpaired) electrons. The maximum absolute atomic E-state index is 12.7. The van der Waals surface area contributed by atoms with Crippen LogP contribution in [0.1, 0.15) is 18.1 Å². The molecule has 0 saturated carbocycles. The Morgan fingerprint density at radius 1 is 1.10 bits per heavy atom. The number of carbonyl (C=O) groups is 1. The van der Waals surface area contributed by atoms with Crippen molar-refractivity contribution in [3.8, 4) is 11.5 Å². The summed E-state index contributed by atoms with van der Waals surface area (Å²) in [5.74, 6) is 1.20. The number of anilines is 1. The lowest BCUT2D eigenvalue weighted by atomic mass is 9.97. The maximum atomic E-state index is 12.7. The summed E-state index contributed by atoms with van der Waals surface area (Å²) >= 11 is 0. The molecule has 1 heterocycles. The average molecular weight is 420 g/mol. The van der Waals surface area contributed by atoms with E-state index in [4.69, 9.17) is 14.6 Å². The molecule has 2 aromatic rings. The topological polar surface area (TPSA) is 111 Å². The van der Waals surface area contributed by atoms with Crippen LogP contribution >= 0.6 is 0 Å². The number of amides is 1. The summed E-state index contributed by atoms with van der Waals surface area (Å²) < 4.78 is 33.4. The van der Waals surface area contributed by atoms with Gasteiger partial charge >= 0.3 is 0 Å². The first-order valence-electron chi connectivity index (χ1n) is 9.14. The number of sulfonamides is 1. The molecule has 0 aromatic heterocycles. The highest BCUT2D eigenvalue weighted by atomic mass is 32.2. The molecule has 0 unspecified atom stereocenters. The Labute approximate surface area is 170 Å². The van der Waals surface area contributed by atoms with Crippen molar-refractivity contribution in [3.63, 3.8) is 0 Å². The summed E-state index contributed by atoms with van der Waals surface area (Å²) in [4.78, 5) is 14.8. The lowest BCUT2D eigenvalue weighted by Gasteiger charge is -2.33. The second-order valence-electron chi connectivity index (χ2n) is 6.93. The largest absolute Gasteiger partial charge is 0.493 e. The summed E-state index contributed by atoms with van der Waals surface area (Å²) in [6, 6.07) is 9.35. The Morgan fingerprint density at radius 3 is 2.24 bits per heavy atom. The van der Waals surface area contributed by atoms with Crippen molar-refractivity contribution in [2.45, 2.75) is 30.8 Å². The molecule has 9 heteroatoms. The van der Waals surface area contributed by atoms with Crippen molar-refractivity contribution in [1.82, 2.24) is 4.90 Å². The summed E-state index contributed by atoms with van der Waals surface area (Å²) in [5, 5.41) is 7.91. The number of nitrogens with zero attached hydrogens (tertiary/aromatic N) is 1. The fourth-order valence-electron chi connectivity index (χ4n) is 3.38. The highest BCUT2D eigenvalue weighted by molar-refractivity contribution is 7.89. The van der Waals surface area contributed by atoms with Crippen LogP contribution in [0.15, 0.2) is 41.3 Å². The van der Waals surface area contributed by atoms with Gasteiger partial charge in [-0.1, -0.05) is 0 Å². The van der Waals surface area contributed by atoms with Crippen LogP contribution < -0.4 is 19.9 Å². The number of rotatable bonds is 6. The van der Waals surface area contributed by atoms with Gasteiger partial charge in [0.2, 0.25) is 15.9 Å². The number of benzene rings is 2. The Bertz CT molecular complexity index is 1010. The van der Waals surface area contributed by atoms with Gasteiger partial charge in [-0.3, -0.25) is 9.69 Å². The van der Waals surface area contributed by atoms with E-state index in [9.17, 15) is 13.2 Å². The Morgan fingerprint density at radius 2 is 1.69 bits per heavy atom. The van der Waals surface area contributed by atoms with Crippen molar-refractivity contribution in [1.29, 1.82) is 0 Å². The van der Waals surface area contributed by atoms with Gasteiger partial charge in [0.1, 0.15) is 0 Å². The standard InChI is InChI=1S/C20H25N3O5S/c1-13(20(24)22-16-4-6-17(7-5-16)29(21,25)26)23-9-8-14-10-18(27-2)19(28-3)11-15(14)12-23/h4-7,10-11,13H,8-9,12H2,1-3H3,(H,22,24)(H2,21,25,26)/t13-/m1/s1. The van der Waals surface area contributed by atoms with Crippen molar-refractivity contribution in [2.75, 3.05) is 26.1 Å². The second-order valence-corrected chi connectivity index (χ2v) is 8.49. The number of methoxy groups -OCH3 is 2. The Kier molecular flexibility index (Phi) is 6.11. The highest BCUT2D eigenvalue weighted by Crippen LogP contribution is 2.33. The van der Waals surface area contributed by atoms with Gasteiger partial charge in [-0.15, -0.1) is 0 Å². The summed E-state index contributed by atoms with van der Waals surface area (Å²) in [6.07, 6.45) is 0.802. The van der Waals surface area contributed by atoms with E-state index in [2.05, 4.69) is 10.2 Å². The zero-order valence-corrected chi connectivity index (χ0v) is 17.5. The van der Waals surface area contributed by atoms with Gasteiger partial charge in [0.25, 0.3) is 0 Å². The predicted molar refractivity (Wildman–Crippen MR) is 110 cm³/mol. The fourth-order valence-corrected chi connectivity index (χ4v) is 3.89. The van der Waals surface area contributed by atoms with E-state index in [-0.39, 0.29) is 16.8 Å². The molecule has 1 aliphatic heterocycles. The molecule has 0 fully saturated rings. The minimum atomic E-state index is -3.76. The molecule has 3 rings (SSSR count). The highest BCUT2D eigenvalue weighted by Gasteiger charge is 2.26. The summed E-state index contributed by atoms with van der Waals surface area (Å²) in [6.45, 7) is 3.20. The van der Waals surface area contributed by atoms with E-state index in [1.807, 2.05) is 19.1 Å². The quantitative estimate of drug-likeness (QED) is 0.738. The molecule has 8 nitrogen and oxygen atoms in total. The summed E-state index contributed by atoms with van der Waals surface area (Å²) in [7, 11) is -0.549. The number of primary sulfonamides is 1. The van der Waals surface area contributed by atoms with E-state index in [1.165, 1.54) is 29.8 Å². The van der Waals surface area contributed by atoms with Crippen LogP contribution in [0.3, 0.4) is 0 Å².